The van der Waals surface area contributed by atoms with Gasteiger partial charge >= 0.3 is 0 Å². The molecule has 0 saturated heterocycles. The lowest BCUT2D eigenvalue weighted by Gasteiger charge is -2.53. The van der Waals surface area contributed by atoms with Gasteiger partial charge in [0.15, 0.2) is 0 Å². The number of hydrogen-bond donors (Lipinski definition) is 1. The van der Waals surface area contributed by atoms with E-state index in [4.69, 9.17) is 4.74 Å². The van der Waals surface area contributed by atoms with Crippen molar-refractivity contribution in [2.24, 2.45) is 12.5 Å². The van der Waals surface area contributed by atoms with Crippen molar-refractivity contribution in [2.45, 2.75) is 59.2 Å². The Balaban J connectivity index is 1.92. The molecule has 1 saturated carbocycles. The molecular weight excluding hydrogens is 238 g/mol. The lowest BCUT2D eigenvalue weighted by atomic mass is 9.61. The van der Waals surface area contributed by atoms with E-state index in [0.29, 0.717) is 12.1 Å². The second-order valence-corrected chi connectivity index (χ2v) is 5.89. The maximum Gasteiger partial charge on any atom is 0.0658 e. The quantitative estimate of drug-likeness (QED) is 0.858. The summed E-state index contributed by atoms with van der Waals surface area (Å²) in [6.07, 6.45) is 4.79. The van der Waals surface area contributed by atoms with Crippen LogP contribution in [0.5, 0.6) is 0 Å². The summed E-state index contributed by atoms with van der Waals surface area (Å²) in [5.74, 6) is 0. The molecule has 4 nitrogen and oxygen atoms in total. The Hall–Kier alpha value is -0.870. The Morgan fingerprint density at radius 2 is 2.26 bits per heavy atom. The van der Waals surface area contributed by atoms with Crippen molar-refractivity contribution in [3.05, 3.63) is 17.5 Å². The molecule has 1 aromatic heterocycles. The molecule has 19 heavy (non-hydrogen) atoms. The van der Waals surface area contributed by atoms with E-state index in [1.807, 2.05) is 11.7 Å². The van der Waals surface area contributed by atoms with Crippen LogP contribution in [0.3, 0.4) is 0 Å². The van der Waals surface area contributed by atoms with Crippen LogP contribution in [-0.2, 0) is 18.3 Å². The third-order valence-corrected chi connectivity index (χ3v) is 4.77. The van der Waals surface area contributed by atoms with Gasteiger partial charge in [0.2, 0.25) is 0 Å². The summed E-state index contributed by atoms with van der Waals surface area (Å²) in [7, 11) is 1.97. The number of aromatic nitrogens is 2. The van der Waals surface area contributed by atoms with E-state index in [1.54, 1.807) is 0 Å². The van der Waals surface area contributed by atoms with E-state index in [9.17, 15) is 0 Å². The van der Waals surface area contributed by atoms with E-state index >= 15 is 0 Å². The van der Waals surface area contributed by atoms with Crippen LogP contribution in [0.15, 0.2) is 6.20 Å². The van der Waals surface area contributed by atoms with Crippen LogP contribution in [0.1, 0.15) is 44.9 Å². The summed E-state index contributed by atoms with van der Waals surface area (Å²) in [5, 5.41) is 8.07. The third kappa shape index (κ3) is 2.70. The predicted octanol–water partition coefficient (Wildman–Crippen LogP) is 2.41. The number of nitrogens with zero attached hydrogens (tertiary/aromatic N) is 2. The van der Waals surface area contributed by atoms with Crippen molar-refractivity contribution in [1.82, 2.24) is 15.1 Å². The molecule has 0 radical (unpaired) electrons. The van der Waals surface area contributed by atoms with Crippen molar-refractivity contribution in [3.63, 3.8) is 0 Å². The van der Waals surface area contributed by atoms with E-state index < -0.39 is 0 Å². The minimum atomic E-state index is 0.270. The van der Waals surface area contributed by atoms with Crippen molar-refractivity contribution in [1.29, 1.82) is 0 Å². The summed E-state index contributed by atoms with van der Waals surface area (Å²) < 4.78 is 7.72. The molecule has 2 rings (SSSR count). The molecule has 0 spiro atoms. The van der Waals surface area contributed by atoms with Crippen molar-refractivity contribution >= 4 is 0 Å². The Kier molecular flexibility index (Phi) is 4.31. The second kappa shape index (κ2) is 5.63. The summed E-state index contributed by atoms with van der Waals surface area (Å²) in [5.41, 5.74) is 2.68. The lowest BCUT2D eigenvalue weighted by molar-refractivity contribution is -0.126. The van der Waals surface area contributed by atoms with Crippen molar-refractivity contribution < 1.29 is 4.74 Å². The van der Waals surface area contributed by atoms with Gasteiger partial charge in [0.05, 0.1) is 11.8 Å². The van der Waals surface area contributed by atoms with E-state index in [-0.39, 0.29) is 5.41 Å². The van der Waals surface area contributed by atoms with Gasteiger partial charge in [-0.25, -0.2) is 0 Å². The minimum Gasteiger partial charge on any atom is -0.378 e. The average Bonchev–Trinajstić information content (AvgIpc) is 2.70. The highest BCUT2D eigenvalue weighted by molar-refractivity contribution is 5.16. The molecule has 0 amide bonds. The van der Waals surface area contributed by atoms with Gasteiger partial charge in [0.25, 0.3) is 0 Å². The van der Waals surface area contributed by atoms with Crippen molar-refractivity contribution in [2.75, 3.05) is 6.61 Å². The minimum absolute atomic E-state index is 0.270. The first-order chi connectivity index (χ1) is 9.01. The maximum absolute atomic E-state index is 5.84. The smallest absolute Gasteiger partial charge is 0.0658 e. The summed E-state index contributed by atoms with van der Waals surface area (Å²) in [6.45, 7) is 10.5. The SMILES string of the molecule is CCOC1CC(NCc2cn(C)nc2C)C1(C)CC. The highest BCUT2D eigenvalue weighted by atomic mass is 16.5. The van der Waals surface area contributed by atoms with Crippen LogP contribution in [0.2, 0.25) is 0 Å². The Morgan fingerprint density at radius 1 is 1.53 bits per heavy atom. The van der Waals surface area contributed by atoms with Crippen molar-refractivity contribution in [3.8, 4) is 0 Å². The average molecular weight is 265 g/mol. The first-order valence-electron chi connectivity index (χ1n) is 7.35. The van der Waals surface area contributed by atoms with Crippen LogP contribution in [0.25, 0.3) is 0 Å². The number of rotatable bonds is 6. The molecule has 1 aliphatic rings. The summed E-state index contributed by atoms with van der Waals surface area (Å²) in [4.78, 5) is 0. The first-order valence-corrected chi connectivity index (χ1v) is 7.35. The van der Waals surface area contributed by atoms with Gasteiger partial charge in [-0.3, -0.25) is 4.68 Å². The van der Waals surface area contributed by atoms with Crippen LogP contribution in [0, 0.1) is 12.3 Å². The fourth-order valence-electron chi connectivity index (χ4n) is 3.12. The topological polar surface area (TPSA) is 39.1 Å². The molecule has 1 aromatic rings. The normalized spacial score (nSPS) is 30.4. The first kappa shape index (κ1) is 14.5. The number of aryl methyl sites for hydroxylation is 2. The van der Waals surface area contributed by atoms with Crippen LogP contribution >= 0.6 is 0 Å². The molecule has 1 fully saturated rings. The number of hydrogen-bond acceptors (Lipinski definition) is 3. The zero-order valence-corrected chi connectivity index (χ0v) is 12.9. The fraction of sp³-hybridized carbons (Fsp3) is 0.800. The number of ether oxygens (including phenoxy) is 1. The Bertz CT molecular complexity index is 429. The molecule has 0 aromatic carbocycles. The predicted molar refractivity (Wildman–Crippen MR) is 77.0 cm³/mol. The Morgan fingerprint density at radius 3 is 2.79 bits per heavy atom. The molecule has 0 bridgehead atoms. The van der Waals surface area contributed by atoms with Crippen LogP contribution < -0.4 is 5.32 Å². The van der Waals surface area contributed by atoms with Gasteiger partial charge in [-0.2, -0.15) is 5.10 Å². The highest BCUT2D eigenvalue weighted by Crippen LogP contribution is 2.45. The van der Waals surface area contributed by atoms with Gasteiger partial charge < -0.3 is 10.1 Å². The van der Waals surface area contributed by atoms with Crippen LogP contribution in [0.4, 0.5) is 0 Å². The third-order valence-electron chi connectivity index (χ3n) is 4.77. The van der Waals surface area contributed by atoms with E-state index in [1.165, 1.54) is 5.56 Å². The highest BCUT2D eigenvalue weighted by Gasteiger charge is 2.50. The second-order valence-electron chi connectivity index (χ2n) is 5.89. The largest absolute Gasteiger partial charge is 0.378 e. The molecule has 4 heteroatoms. The maximum atomic E-state index is 5.84. The molecule has 1 aliphatic carbocycles. The summed E-state index contributed by atoms with van der Waals surface area (Å²) in [6, 6.07) is 0.550. The molecule has 108 valence electrons. The standard InChI is InChI=1S/C15H27N3O/c1-6-15(4)13(8-14(15)19-7-2)16-9-12-10-18(5)17-11(12)3/h10,13-14,16H,6-9H2,1-5H3. The molecule has 3 atom stereocenters. The van der Waals surface area contributed by atoms with E-state index in [2.05, 4.69) is 44.3 Å². The number of nitrogens with one attached hydrogen (secondary N) is 1. The monoisotopic (exact) mass is 265 g/mol. The molecule has 1 heterocycles. The molecule has 3 unspecified atom stereocenters. The van der Waals surface area contributed by atoms with E-state index in [0.717, 1.165) is 31.7 Å². The van der Waals surface area contributed by atoms with Gasteiger partial charge in [0.1, 0.15) is 0 Å². The Labute approximate surface area is 116 Å². The molecule has 0 aliphatic heterocycles. The zero-order chi connectivity index (χ0) is 14.0. The van der Waals surface area contributed by atoms with Gasteiger partial charge in [-0.05, 0) is 26.7 Å². The van der Waals surface area contributed by atoms with Gasteiger partial charge in [0, 0.05) is 43.4 Å². The van der Waals surface area contributed by atoms with Gasteiger partial charge in [-0.15, -0.1) is 0 Å². The van der Waals surface area contributed by atoms with Crippen LogP contribution in [-0.4, -0.2) is 28.5 Å². The molecular formula is C15H27N3O. The molecule has 1 N–H and O–H groups in total. The van der Waals surface area contributed by atoms with Gasteiger partial charge in [-0.1, -0.05) is 13.8 Å². The fourth-order valence-corrected chi connectivity index (χ4v) is 3.12. The lowest BCUT2D eigenvalue weighted by Crippen LogP contribution is -2.61. The summed E-state index contributed by atoms with van der Waals surface area (Å²) >= 11 is 0. The zero-order valence-electron chi connectivity index (χ0n) is 12.9.